The van der Waals surface area contributed by atoms with Gasteiger partial charge in [-0.25, -0.2) is 4.79 Å². The van der Waals surface area contributed by atoms with Gasteiger partial charge < -0.3 is 26.0 Å². The molecule has 7 heteroatoms. The molecular formula is C27H24N2O5. The molecule has 1 atom stereocenters. The van der Waals surface area contributed by atoms with Crippen molar-refractivity contribution >= 4 is 28.3 Å². The third kappa shape index (κ3) is 5.45. The molecule has 4 aromatic rings. The van der Waals surface area contributed by atoms with Crippen molar-refractivity contribution in [1.82, 2.24) is 5.32 Å². The number of hydrogen-bond acceptors (Lipinski definition) is 5. The quantitative estimate of drug-likeness (QED) is 0.296. The average molecular weight is 456 g/mol. The van der Waals surface area contributed by atoms with Gasteiger partial charge in [0.25, 0.3) is 5.91 Å². The molecule has 0 aliphatic heterocycles. The number of phenolic OH excluding ortho intramolecular Hbond substituents is 1. The van der Waals surface area contributed by atoms with Gasteiger partial charge in [0.2, 0.25) is 0 Å². The Morgan fingerprint density at radius 1 is 0.882 bits per heavy atom. The number of nitrogen functional groups attached to an aromatic ring is 1. The Bertz CT molecular complexity index is 1330. The van der Waals surface area contributed by atoms with Gasteiger partial charge in [-0.05, 0) is 58.3 Å². The van der Waals surface area contributed by atoms with Crippen LogP contribution >= 0.6 is 0 Å². The zero-order valence-corrected chi connectivity index (χ0v) is 18.3. The van der Waals surface area contributed by atoms with E-state index in [4.69, 9.17) is 10.5 Å². The monoisotopic (exact) mass is 456 g/mol. The first kappa shape index (κ1) is 22.7. The first-order chi connectivity index (χ1) is 16.4. The van der Waals surface area contributed by atoms with Gasteiger partial charge in [-0.3, -0.25) is 4.79 Å². The van der Waals surface area contributed by atoms with E-state index in [2.05, 4.69) is 5.32 Å². The fourth-order valence-electron chi connectivity index (χ4n) is 3.60. The van der Waals surface area contributed by atoms with Gasteiger partial charge in [0.05, 0.1) is 5.69 Å². The van der Waals surface area contributed by atoms with E-state index in [1.165, 1.54) is 24.3 Å². The Morgan fingerprint density at radius 3 is 2.32 bits per heavy atom. The first-order valence-corrected chi connectivity index (χ1v) is 10.7. The van der Waals surface area contributed by atoms with Crippen LogP contribution in [0.2, 0.25) is 0 Å². The summed E-state index contributed by atoms with van der Waals surface area (Å²) in [4.78, 5) is 24.5. The van der Waals surface area contributed by atoms with Gasteiger partial charge in [0.1, 0.15) is 24.1 Å². The summed E-state index contributed by atoms with van der Waals surface area (Å²) >= 11 is 0. The predicted octanol–water partition coefficient (Wildman–Crippen LogP) is 4.13. The molecule has 4 aromatic carbocycles. The van der Waals surface area contributed by atoms with Gasteiger partial charge in [-0.15, -0.1) is 0 Å². The molecular weight excluding hydrogens is 432 g/mol. The highest BCUT2D eigenvalue weighted by Crippen LogP contribution is 2.25. The molecule has 0 unspecified atom stereocenters. The Morgan fingerprint density at radius 2 is 1.59 bits per heavy atom. The summed E-state index contributed by atoms with van der Waals surface area (Å²) in [5, 5.41) is 23.7. The molecule has 0 bridgehead atoms. The standard InChI is InChI=1S/C27H24N2O5/c28-23-12-9-21(26(31)29-24(27(32)33)14-17-6-10-22(30)11-7-17)15-25(23)34-16-18-5-8-19-3-1-2-4-20(19)13-18/h1-13,15,24,30H,14,16,28H2,(H,29,31)(H,32,33)/t24-/m0/s1. The predicted molar refractivity (Wildman–Crippen MR) is 130 cm³/mol. The van der Waals surface area contributed by atoms with E-state index in [1.807, 2.05) is 42.5 Å². The molecule has 0 aliphatic rings. The van der Waals surface area contributed by atoms with Crippen LogP contribution in [-0.4, -0.2) is 28.1 Å². The molecule has 0 spiro atoms. The summed E-state index contributed by atoms with van der Waals surface area (Å²) < 4.78 is 5.88. The summed E-state index contributed by atoms with van der Waals surface area (Å²) in [5.41, 5.74) is 8.26. The lowest BCUT2D eigenvalue weighted by atomic mass is 10.0. The fourth-order valence-corrected chi connectivity index (χ4v) is 3.60. The van der Waals surface area contributed by atoms with Gasteiger partial charge in [-0.2, -0.15) is 0 Å². The molecule has 0 saturated heterocycles. The molecule has 4 rings (SSSR count). The van der Waals surface area contributed by atoms with Crippen LogP contribution in [0.5, 0.6) is 11.5 Å². The van der Waals surface area contributed by atoms with Crippen molar-refractivity contribution in [3.63, 3.8) is 0 Å². The Labute approximate surface area is 196 Å². The smallest absolute Gasteiger partial charge is 0.326 e. The zero-order chi connectivity index (χ0) is 24.1. The second kappa shape index (κ2) is 9.95. The minimum atomic E-state index is -1.16. The molecule has 0 radical (unpaired) electrons. The average Bonchev–Trinajstić information content (AvgIpc) is 2.84. The highest BCUT2D eigenvalue weighted by molar-refractivity contribution is 5.97. The molecule has 34 heavy (non-hydrogen) atoms. The number of carbonyl (C=O) groups excluding carboxylic acids is 1. The maximum atomic E-state index is 12.8. The van der Waals surface area contributed by atoms with Gasteiger partial charge in [0.15, 0.2) is 0 Å². The largest absolute Gasteiger partial charge is 0.508 e. The van der Waals surface area contributed by atoms with Crippen molar-refractivity contribution in [1.29, 1.82) is 0 Å². The molecule has 1 amide bonds. The van der Waals surface area contributed by atoms with Crippen LogP contribution in [0.25, 0.3) is 10.8 Å². The van der Waals surface area contributed by atoms with Crippen molar-refractivity contribution in [3.8, 4) is 11.5 Å². The summed E-state index contributed by atoms with van der Waals surface area (Å²) in [5.74, 6) is -1.30. The van der Waals surface area contributed by atoms with Gasteiger partial charge >= 0.3 is 5.97 Å². The lowest BCUT2D eigenvalue weighted by molar-refractivity contribution is -0.139. The number of fused-ring (bicyclic) bond motifs is 1. The van der Waals surface area contributed by atoms with Crippen LogP contribution in [0.3, 0.4) is 0 Å². The van der Waals surface area contributed by atoms with E-state index in [0.29, 0.717) is 17.0 Å². The summed E-state index contributed by atoms with van der Waals surface area (Å²) in [6.45, 7) is 0.263. The third-order valence-corrected chi connectivity index (χ3v) is 5.46. The number of anilines is 1. The van der Waals surface area contributed by atoms with E-state index in [-0.39, 0.29) is 24.3 Å². The van der Waals surface area contributed by atoms with Crippen LogP contribution in [-0.2, 0) is 17.8 Å². The number of carbonyl (C=O) groups is 2. The number of phenols is 1. The molecule has 0 aromatic heterocycles. The second-order valence-corrected chi connectivity index (χ2v) is 7.96. The zero-order valence-electron chi connectivity index (χ0n) is 18.3. The van der Waals surface area contributed by atoms with Crippen LogP contribution in [0.4, 0.5) is 5.69 Å². The van der Waals surface area contributed by atoms with Crippen molar-refractivity contribution in [2.45, 2.75) is 19.1 Å². The molecule has 0 aliphatic carbocycles. The number of amides is 1. The maximum Gasteiger partial charge on any atom is 0.326 e. The fraction of sp³-hybridized carbons (Fsp3) is 0.111. The number of aliphatic carboxylic acids is 1. The van der Waals surface area contributed by atoms with E-state index in [9.17, 15) is 19.8 Å². The van der Waals surface area contributed by atoms with Crippen LogP contribution < -0.4 is 15.8 Å². The second-order valence-electron chi connectivity index (χ2n) is 7.96. The molecule has 0 saturated carbocycles. The van der Waals surface area contributed by atoms with Crippen molar-refractivity contribution in [3.05, 3.63) is 102 Å². The topological polar surface area (TPSA) is 122 Å². The lowest BCUT2D eigenvalue weighted by Gasteiger charge is -2.16. The summed E-state index contributed by atoms with van der Waals surface area (Å²) in [6.07, 6.45) is 0.0711. The molecule has 7 nitrogen and oxygen atoms in total. The van der Waals surface area contributed by atoms with Gasteiger partial charge in [-0.1, -0.05) is 48.5 Å². The highest BCUT2D eigenvalue weighted by atomic mass is 16.5. The summed E-state index contributed by atoms with van der Waals surface area (Å²) in [6, 6.07) is 23.6. The van der Waals surface area contributed by atoms with E-state index >= 15 is 0 Å². The Hall–Kier alpha value is -4.52. The highest BCUT2D eigenvalue weighted by Gasteiger charge is 2.22. The van der Waals surface area contributed by atoms with Crippen LogP contribution in [0.1, 0.15) is 21.5 Å². The molecule has 5 N–H and O–H groups in total. The number of ether oxygens (including phenoxy) is 1. The van der Waals surface area contributed by atoms with Crippen molar-refractivity contribution < 1.29 is 24.5 Å². The number of hydrogen-bond donors (Lipinski definition) is 4. The number of aromatic hydroxyl groups is 1. The van der Waals surface area contributed by atoms with E-state index < -0.39 is 17.9 Å². The molecule has 0 heterocycles. The Kier molecular flexibility index (Phi) is 6.64. The van der Waals surface area contributed by atoms with E-state index in [0.717, 1.165) is 16.3 Å². The van der Waals surface area contributed by atoms with E-state index in [1.54, 1.807) is 18.2 Å². The number of carboxylic acids is 1. The number of nitrogens with two attached hydrogens (primary N) is 1. The third-order valence-electron chi connectivity index (χ3n) is 5.46. The van der Waals surface area contributed by atoms with Crippen molar-refractivity contribution in [2.24, 2.45) is 0 Å². The lowest BCUT2D eigenvalue weighted by Crippen LogP contribution is -2.42. The first-order valence-electron chi connectivity index (χ1n) is 10.7. The Balaban J connectivity index is 1.45. The SMILES string of the molecule is Nc1ccc(C(=O)N[C@@H](Cc2ccc(O)cc2)C(=O)O)cc1OCc1ccc2ccccc2c1. The maximum absolute atomic E-state index is 12.8. The number of nitrogens with one attached hydrogen (secondary N) is 1. The van der Waals surface area contributed by atoms with Gasteiger partial charge in [0, 0.05) is 12.0 Å². The minimum Gasteiger partial charge on any atom is -0.508 e. The summed E-state index contributed by atoms with van der Waals surface area (Å²) in [7, 11) is 0. The number of carboxylic acid groups (broad SMARTS) is 1. The van der Waals surface area contributed by atoms with Crippen LogP contribution in [0, 0.1) is 0 Å². The van der Waals surface area contributed by atoms with Crippen LogP contribution in [0.15, 0.2) is 84.9 Å². The van der Waals surface area contributed by atoms with Crippen molar-refractivity contribution in [2.75, 3.05) is 5.73 Å². The molecule has 172 valence electrons. The normalized spacial score (nSPS) is 11.6. The minimum absolute atomic E-state index is 0.0711. The number of benzene rings is 4. The number of rotatable bonds is 8. The molecule has 0 fully saturated rings.